The van der Waals surface area contributed by atoms with Crippen molar-refractivity contribution in [3.63, 3.8) is 0 Å². The molecule has 0 bridgehead atoms. The Morgan fingerprint density at radius 3 is 2.60 bits per heavy atom. The molecule has 6 rings (SSSR count). The van der Waals surface area contributed by atoms with Crippen molar-refractivity contribution >= 4 is 28.7 Å². The summed E-state index contributed by atoms with van der Waals surface area (Å²) in [5, 5.41) is 0. The summed E-state index contributed by atoms with van der Waals surface area (Å²) < 4.78 is 18.4. The SMILES string of the molecule is CCN(C(C)=O)c1ccc2nc(N3CC4CC(Oc5cccc(OCC6CC6)c5)CC4C3)oc2c1. The lowest BCUT2D eigenvalue weighted by molar-refractivity contribution is -0.116. The fourth-order valence-corrected chi connectivity index (χ4v) is 5.62. The summed E-state index contributed by atoms with van der Waals surface area (Å²) in [6, 6.07) is 14.6. The van der Waals surface area contributed by atoms with E-state index < -0.39 is 0 Å². The van der Waals surface area contributed by atoms with Crippen LogP contribution >= 0.6 is 0 Å². The lowest BCUT2D eigenvalue weighted by Gasteiger charge is -2.19. The number of rotatable bonds is 8. The first kappa shape index (κ1) is 22.3. The molecule has 2 aromatic carbocycles. The van der Waals surface area contributed by atoms with Crippen LogP contribution in [0.4, 0.5) is 11.7 Å². The van der Waals surface area contributed by atoms with Gasteiger partial charge in [0.05, 0.1) is 12.7 Å². The summed E-state index contributed by atoms with van der Waals surface area (Å²) >= 11 is 0. The van der Waals surface area contributed by atoms with E-state index in [0.717, 1.165) is 66.7 Å². The highest BCUT2D eigenvalue weighted by Crippen LogP contribution is 2.42. The second-order valence-corrected chi connectivity index (χ2v) is 10.3. The maximum absolute atomic E-state index is 11.9. The van der Waals surface area contributed by atoms with Gasteiger partial charge >= 0.3 is 0 Å². The molecule has 1 amide bonds. The van der Waals surface area contributed by atoms with E-state index >= 15 is 0 Å². The first-order valence-corrected chi connectivity index (χ1v) is 12.9. The van der Waals surface area contributed by atoms with E-state index in [0.29, 0.717) is 24.4 Å². The van der Waals surface area contributed by atoms with E-state index in [4.69, 9.17) is 18.9 Å². The highest BCUT2D eigenvalue weighted by atomic mass is 16.5. The van der Waals surface area contributed by atoms with Crippen LogP contribution in [0.25, 0.3) is 11.1 Å². The molecule has 1 saturated heterocycles. The largest absolute Gasteiger partial charge is 0.493 e. The van der Waals surface area contributed by atoms with Gasteiger partial charge in [-0.3, -0.25) is 4.79 Å². The molecular formula is C28H33N3O4. The summed E-state index contributed by atoms with van der Waals surface area (Å²) in [6.07, 6.45) is 4.91. The number of oxazole rings is 1. The molecule has 2 saturated carbocycles. The number of hydrogen-bond donors (Lipinski definition) is 0. The Labute approximate surface area is 206 Å². The molecule has 1 aliphatic heterocycles. The molecule has 3 fully saturated rings. The predicted octanol–water partition coefficient (Wildman–Crippen LogP) is 5.28. The number of aromatic nitrogens is 1. The van der Waals surface area contributed by atoms with Gasteiger partial charge in [0, 0.05) is 44.4 Å². The minimum absolute atomic E-state index is 0.0215. The smallest absolute Gasteiger partial charge is 0.298 e. The standard InChI is InChI=1S/C28H33N3O4/c1-3-31(18(2)32)22-9-10-26-27(13-22)35-28(29-26)30-15-20-11-25(12-21(20)16-30)34-24-6-4-5-23(14-24)33-17-19-7-8-19/h4-6,9-10,13-14,19-21,25H,3,7-8,11-12,15-17H2,1-2H3. The van der Waals surface area contributed by atoms with Crippen LogP contribution in [-0.4, -0.2) is 43.2 Å². The Morgan fingerprint density at radius 1 is 1.11 bits per heavy atom. The molecule has 2 unspecified atom stereocenters. The van der Waals surface area contributed by atoms with Crippen LogP contribution in [0.5, 0.6) is 11.5 Å². The normalized spacial score (nSPS) is 23.5. The summed E-state index contributed by atoms with van der Waals surface area (Å²) in [4.78, 5) is 20.6. The molecule has 0 radical (unpaired) electrons. The van der Waals surface area contributed by atoms with Crippen LogP contribution in [0.1, 0.15) is 39.5 Å². The highest BCUT2D eigenvalue weighted by Gasteiger charge is 2.43. The van der Waals surface area contributed by atoms with Crippen molar-refractivity contribution in [2.24, 2.45) is 17.8 Å². The summed E-state index contributed by atoms with van der Waals surface area (Å²) in [5.41, 5.74) is 2.39. The number of hydrogen-bond acceptors (Lipinski definition) is 6. The third-order valence-electron chi connectivity index (χ3n) is 7.64. The number of carbonyl (C=O) groups is 1. The van der Waals surface area contributed by atoms with Crippen LogP contribution in [0, 0.1) is 17.8 Å². The molecule has 35 heavy (non-hydrogen) atoms. The van der Waals surface area contributed by atoms with Crippen LogP contribution in [-0.2, 0) is 4.79 Å². The topological polar surface area (TPSA) is 68.0 Å². The molecular weight excluding hydrogens is 442 g/mol. The average Bonchev–Trinajstić information content (AvgIpc) is 3.25. The number of anilines is 2. The summed E-state index contributed by atoms with van der Waals surface area (Å²) in [7, 11) is 0. The van der Waals surface area contributed by atoms with Gasteiger partial charge in [-0.05, 0) is 74.6 Å². The summed E-state index contributed by atoms with van der Waals surface area (Å²) in [6.45, 7) is 6.86. The Bertz CT molecular complexity index is 1210. The fourth-order valence-electron chi connectivity index (χ4n) is 5.62. The first-order valence-electron chi connectivity index (χ1n) is 12.9. The number of amides is 1. The van der Waals surface area contributed by atoms with Crippen molar-refractivity contribution in [1.29, 1.82) is 0 Å². The van der Waals surface area contributed by atoms with Gasteiger partial charge in [-0.15, -0.1) is 0 Å². The van der Waals surface area contributed by atoms with Gasteiger partial charge in [0.2, 0.25) is 5.91 Å². The number of benzene rings is 2. The lowest BCUT2D eigenvalue weighted by Crippen LogP contribution is -2.27. The fraction of sp³-hybridized carbons (Fsp3) is 0.500. The van der Waals surface area contributed by atoms with Crippen molar-refractivity contribution in [2.75, 3.05) is 36.0 Å². The minimum Gasteiger partial charge on any atom is -0.493 e. The number of nitrogens with zero attached hydrogens (tertiary/aromatic N) is 3. The van der Waals surface area contributed by atoms with Crippen LogP contribution in [0.2, 0.25) is 0 Å². The molecule has 1 aromatic heterocycles. The minimum atomic E-state index is 0.0215. The van der Waals surface area contributed by atoms with Crippen molar-refractivity contribution in [1.82, 2.24) is 4.98 Å². The van der Waals surface area contributed by atoms with Gasteiger partial charge in [-0.2, -0.15) is 4.98 Å². The third-order valence-corrected chi connectivity index (χ3v) is 7.64. The van der Waals surface area contributed by atoms with E-state index in [1.807, 2.05) is 49.4 Å². The lowest BCUT2D eigenvalue weighted by atomic mass is 10.0. The zero-order valence-electron chi connectivity index (χ0n) is 20.5. The molecule has 0 spiro atoms. The number of fused-ring (bicyclic) bond motifs is 2. The van der Waals surface area contributed by atoms with Gasteiger partial charge in [0.1, 0.15) is 17.0 Å². The Balaban J connectivity index is 1.07. The highest BCUT2D eigenvalue weighted by molar-refractivity contribution is 5.93. The zero-order chi connectivity index (χ0) is 23.9. The van der Waals surface area contributed by atoms with Gasteiger partial charge in [0.25, 0.3) is 6.01 Å². The molecule has 2 atom stereocenters. The van der Waals surface area contributed by atoms with Crippen LogP contribution in [0.3, 0.4) is 0 Å². The van der Waals surface area contributed by atoms with Crippen molar-refractivity contribution in [3.05, 3.63) is 42.5 Å². The van der Waals surface area contributed by atoms with E-state index in [2.05, 4.69) is 4.90 Å². The molecule has 7 heteroatoms. The second kappa shape index (κ2) is 9.10. The first-order chi connectivity index (χ1) is 17.1. The molecule has 3 aromatic rings. The molecule has 0 N–H and O–H groups in total. The quantitative estimate of drug-likeness (QED) is 0.441. The molecule has 184 valence electrons. The van der Waals surface area contributed by atoms with Gasteiger partial charge in [-0.25, -0.2) is 0 Å². The van der Waals surface area contributed by atoms with E-state index in [1.165, 1.54) is 12.8 Å². The van der Waals surface area contributed by atoms with E-state index in [1.54, 1.807) is 11.8 Å². The zero-order valence-corrected chi connectivity index (χ0v) is 20.5. The predicted molar refractivity (Wildman–Crippen MR) is 135 cm³/mol. The molecule has 7 nitrogen and oxygen atoms in total. The van der Waals surface area contributed by atoms with Gasteiger partial charge in [0.15, 0.2) is 5.58 Å². The van der Waals surface area contributed by atoms with Crippen LogP contribution < -0.4 is 19.3 Å². The monoisotopic (exact) mass is 475 g/mol. The van der Waals surface area contributed by atoms with Crippen LogP contribution in [0.15, 0.2) is 46.9 Å². The van der Waals surface area contributed by atoms with E-state index in [-0.39, 0.29) is 12.0 Å². The molecule has 2 heterocycles. The molecule has 2 aliphatic carbocycles. The van der Waals surface area contributed by atoms with E-state index in [9.17, 15) is 4.79 Å². The second-order valence-electron chi connectivity index (χ2n) is 10.3. The average molecular weight is 476 g/mol. The van der Waals surface area contributed by atoms with Crippen molar-refractivity contribution in [3.8, 4) is 11.5 Å². The van der Waals surface area contributed by atoms with Crippen molar-refractivity contribution < 1.29 is 18.7 Å². The summed E-state index contributed by atoms with van der Waals surface area (Å²) in [5.74, 6) is 3.73. The maximum Gasteiger partial charge on any atom is 0.298 e. The van der Waals surface area contributed by atoms with Gasteiger partial charge in [-0.1, -0.05) is 6.07 Å². The third kappa shape index (κ3) is 4.68. The number of ether oxygens (including phenoxy) is 2. The van der Waals surface area contributed by atoms with Crippen molar-refractivity contribution in [2.45, 2.75) is 45.6 Å². The maximum atomic E-state index is 11.9. The van der Waals surface area contributed by atoms with Gasteiger partial charge < -0.3 is 23.7 Å². The Morgan fingerprint density at radius 2 is 1.89 bits per heavy atom. The molecule has 3 aliphatic rings. The number of carbonyl (C=O) groups excluding carboxylic acids is 1. The Hall–Kier alpha value is -3.22. The Kier molecular flexibility index (Phi) is 5.78.